The summed E-state index contributed by atoms with van der Waals surface area (Å²) < 4.78 is 5.66. The van der Waals surface area contributed by atoms with Crippen molar-refractivity contribution in [3.8, 4) is 0 Å². The first-order valence-electron chi connectivity index (χ1n) is 7.37. The Labute approximate surface area is 126 Å². The molecule has 0 atom stereocenters. The second kappa shape index (κ2) is 7.27. The van der Waals surface area contributed by atoms with E-state index in [1.165, 1.54) is 18.9 Å². The second-order valence-corrected chi connectivity index (χ2v) is 5.67. The molecule has 0 aliphatic heterocycles. The van der Waals surface area contributed by atoms with Crippen LogP contribution in [-0.2, 0) is 9.53 Å². The third kappa shape index (κ3) is 5.23. The standard InChI is InChI=1S/C17H23NO3/c1-13-3-7-16(15(11-13)6-8-17(19)20)18(2)9-10-21-12-14-4-5-14/h3,6-8,11,14H,4-5,9-10,12H2,1-2H3,(H,19,20)/b8-6+. The molecule has 0 radical (unpaired) electrons. The number of benzene rings is 1. The van der Waals surface area contributed by atoms with E-state index < -0.39 is 5.97 Å². The molecule has 21 heavy (non-hydrogen) atoms. The lowest BCUT2D eigenvalue weighted by Crippen LogP contribution is -2.23. The van der Waals surface area contributed by atoms with Crippen LogP contribution in [0.25, 0.3) is 6.08 Å². The van der Waals surface area contributed by atoms with Crippen molar-refractivity contribution in [2.45, 2.75) is 19.8 Å². The van der Waals surface area contributed by atoms with Crippen LogP contribution in [0.3, 0.4) is 0 Å². The molecule has 1 N–H and O–H groups in total. The molecule has 1 fully saturated rings. The average molecular weight is 289 g/mol. The van der Waals surface area contributed by atoms with Gasteiger partial charge in [-0.05, 0) is 49.5 Å². The van der Waals surface area contributed by atoms with E-state index in [1.807, 2.05) is 32.2 Å². The van der Waals surface area contributed by atoms with E-state index in [1.54, 1.807) is 6.08 Å². The summed E-state index contributed by atoms with van der Waals surface area (Å²) in [6.45, 7) is 4.36. The molecule has 1 aliphatic rings. The van der Waals surface area contributed by atoms with Gasteiger partial charge in [0.05, 0.1) is 6.61 Å². The highest BCUT2D eigenvalue weighted by Crippen LogP contribution is 2.28. The van der Waals surface area contributed by atoms with Gasteiger partial charge >= 0.3 is 5.97 Å². The zero-order chi connectivity index (χ0) is 15.2. The molecule has 114 valence electrons. The van der Waals surface area contributed by atoms with E-state index in [9.17, 15) is 4.79 Å². The minimum absolute atomic E-state index is 0.697. The van der Waals surface area contributed by atoms with E-state index in [0.29, 0.717) is 6.61 Å². The Morgan fingerprint density at radius 1 is 1.48 bits per heavy atom. The van der Waals surface area contributed by atoms with Gasteiger partial charge in [0, 0.05) is 32.0 Å². The highest BCUT2D eigenvalue weighted by molar-refractivity contribution is 5.87. The van der Waals surface area contributed by atoms with Crippen LogP contribution in [0, 0.1) is 12.8 Å². The molecule has 0 spiro atoms. The van der Waals surface area contributed by atoms with Crippen LogP contribution >= 0.6 is 0 Å². The van der Waals surface area contributed by atoms with Crippen LogP contribution in [0.5, 0.6) is 0 Å². The fraction of sp³-hybridized carbons (Fsp3) is 0.471. The van der Waals surface area contributed by atoms with Gasteiger partial charge in [-0.1, -0.05) is 11.6 Å². The summed E-state index contributed by atoms with van der Waals surface area (Å²) in [6.07, 6.45) is 5.43. The molecule has 1 aliphatic carbocycles. The molecule has 4 nitrogen and oxygen atoms in total. The highest BCUT2D eigenvalue weighted by atomic mass is 16.5. The fourth-order valence-corrected chi connectivity index (χ4v) is 2.17. The SMILES string of the molecule is Cc1ccc(N(C)CCOCC2CC2)c(/C=C/C(=O)O)c1. The monoisotopic (exact) mass is 289 g/mol. The molecule has 0 bridgehead atoms. The lowest BCUT2D eigenvalue weighted by Gasteiger charge is -2.22. The van der Waals surface area contributed by atoms with Crippen molar-refractivity contribution in [1.29, 1.82) is 0 Å². The van der Waals surface area contributed by atoms with Crippen molar-refractivity contribution in [3.63, 3.8) is 0 Å². The predicted molar refractivity (Wildman–Crippen MR) is 84.7 cm³/mol. The molecule has 2 rings (SSSR count). The van der Waals surface area contributed by atoms with Gasteiger partial charge in [-0.15, -0.1) is 0 Å². The third-order valence-electron chi connectivity index (χ3n) is 3.62. The van der Waals surface area contributed by atoms with Gasteiger partial charge in [0.2, 0.25) is 0 Å². The smallest absolute Gasteiger partial charge is 0.328 e. The molecule has 1 aromatic carbocycles. The Morgan fingerprint density at radius 3 is 2.90 bits per heavy atom. The number of hydrogen-bond acceptors (Lipinski definition) is 3. The number of likely N-dealkylation sites (N-methyl/N-ethyl adjacent to an activating group) is 1. The van der Waals surface area contributed by atoms with Crippen LogP contribution in [-0.4, -0.2) is 37.9 Å². The maximum atomic E-state index is 10.7. The van der Waals surface area contributed by atoms with Crippen LogP contribution in [0.15, 0.2) is 24.3 Å². The van der Waals surface area contributed by atoms with Crippen LogP contribution < -0.4 is 4.90 Å². The number of aliphatic carboxylic acids is 1. The Hall–Kier alpha value is -1.81. The normalized spacial score (nSPS) is 14.6. The predicted octanol–water partition coefficient (Wildman–Crippen LogP) is 2.96. The summed E-state index contributed by atoms with van der Waals surface area (Å²) >= 11 is 0. The third-order valence-corrected chi connectivity index (χ3v) is 3.62. The van der Waals surface area contributed by atoms with Gasteiger partial charge < -0.3 is 14.7 Å². The van der Waals surface area contributed by atoms with Crippen molar-refractivity contribution in [1.82, 2.24) is 0 Å². The van der Waals surface area contributed by atoms with Crippen LogP contribution in [0.2, 0.25) is 0 Å². The molecular formula is C17H23NO3. The van der Waals surface area contributed by atoms with E-state index in [2.05, 4.69) is 4.90 Å². The number of rotatable bonds is 8. The van der Waals surface area contributed by atoms with Gasteiger partial charge in [0.1, 0.15) is 0 Å². The molecule has 0 saturated heterocycles. The Balaban J connectivity index is 1.96. The lowest BCUT2D eigenvalue weighted by molar-refractivity contribution is -0.131. The van der Waals surface area contributed by atoms with Gasteiger partial charge in [0.25, 0.3) is 0 Å². The first kappa shape index (κ1) is 15.6. The van der Waals surface area contributed by atoms with Gasteiger partial charge in [-0.25, -0.2) is 4.79 Å². The van der Waals surface area contributed by atoms with E-state index in [-0.39, 0.29) is 0 Å². The summed E-state index contributed by atoms with van der Waals surface area (Å²) in [4.78, 5) is 12.8. The number of carboxylic acids is 1. The van der Waals surface area contributed by atoms with Gasteiger partial charge in [0.15, 0.2) is 0 Å². The molecule has 4 heteroatoms. The quantitative estimate of drug-likeness (QED) is 0.590. The Morgan fingerprint density at radius 2 is 2.24 bits per heavy atom. The maximum Gasteiger partial charge on any atom is 0.328 e. The van der Waals surface area contributed by atoms with Crippen molar-refractivity contribution in [3.05, 3.63) is 35.4 Å². The molecule has 1 saturated carbocycles. The minimum Gasteiger partial charge on any atom is -0.478 e. The second-order valence-electron chi connectivity index (χ2n) is 5.67. The maximum absolute atomic E-state index is 10.7. The lowest BCUT2D eigenvalue weighted by atomic mass is 10.1. The van der Waals surface area contributed by atoms with Crippen molar-refractivity contribution in [2.24, 2.45) is 5.92 Å². The number of carboxylic acid groups (broad SMARTS) is 1. The number of aryl methyl sites for hydroxylation is 1. The topological polar surface area (TPSA) is 49.8 Å². The summed E-state index contributed by atoms with van der Waals surface area (Å²) in [7, 11) is 2.00. The summed E-state index contributed by atoms with van der Waals surface area (Å²) in [5, 5.41) is 8.78. The van der Waals surface area contributed by atoms with Crippen molar-refractivity contribution < 1.29 is 14.6 Å². The van der Waals surface area contributed by atoms with Crippen molar-refractivity contribution >= 4 is 17.7 Å². The fourth-order valence-electron chi connectivity index (χ4n) is 2.17. The first-order valence-corrected chi connectivity index (χ1v) is 7.37. The Kier molecular flexibility index (Phi) is 5.39. The number of anilines is 1. The zero-order valence-corrected chi connectivity index (χ0v) is 12.7. The Bertz CT molecular complexity index is 521. The average Bonchev–Trinajstić information content (AvgIpc) is 3.25. The molecule has 0 heterocycles. The molecule has 1 aromatic rings. The van der Waals surface area contributed by atoms with Gasteiger partial charge in [-0.3, -0.25) is 0 Å². The summed E-state index contributed by atoms with van der Waals surface area (Å²) in [5.41, 5.74) is 3.05. The highest BCUT2D eigenvalue weighted by Gasteiger charge is 2.21. The summed E-state index contributed by atoms with van der Waals surface area (Å²) in [5.74, 6) is -0.151. The summed E-state index contributed by atoms with van der Waals surface area (Å²) in [6, 6.07) is 6.06. The number of nitrogens with zero attached hydrogens (tertiary/aromatic N) is 1. The molecule has 0 unspecified atom stereocenters. The number of hydrogen-bond donors (Lipinski definition) is 1. The number of ether oxygens (including phenoxy) is 1. The van der Waals surface area contributed by atoms with Crippen LogP contribution in [0.1, 0.15) is 24.0 Å². The van der Waals surface area contributed by atoms with E-state index in [4.69, 9.17) is 9.84 Å². The largest absolute Gasteiger partial charge is 0.478 e. The minimum atomic E-state index is -0.933. The molecule has 0 amide bonds. The van der Waals surface area contributed by atoms with Crippen LogP contribution in [0.4, 0.5) is 5.69 Å². The molecular weight excluding hydrogens is 266 g/mol. The van der Waals surface area contributed by atoms with Gasteiger partial charge in [-0.2, -0.15) is 0 Å². The van der Waals surface area contributed by atoms with E-state index in [0.717, 1.165) is 35.9 Å². The zero-order valence-electron chi connectivity index (χ0n) is 12.7. The van der Waals surface area contributed by atoms with Crippen molar-refractivity contribution in [2.75, 3.05) is 31.7 Å². The molecule has 0 aromatic heterocycles. The number of carbonyl (C=O) groups is 1. The first-order chi connectivity index (χ1) is 10.1. The van der Waals surface area contributed by atoms with E-state index >= 15 is 0 Å².